The van der Waals surface area contributed by atoms with E-state index in [1.165, 1.54) is 0 Å². The van der Waals surface area contributed by atoms with E-state index in [9.17, 15) is 4.79 Å². The van der Waals surface area contributed by atoms with Gasteiger partial charge in [0.15, 0.2) is 0 Å². The summed E-state index contributed by atoms with van der Waals surface area (Å²) in [6, 6.07) is 8.06. The maximum Gasteiger partial charge on any atom is 0.223 e. The number of methoxy groups -OCH3 is 1. The number of carbonyl (C=O) groups excluding carboxylic acids is 1. The fourth-order valence-corrected chi connectivity index (χ4v) is 2.48. The van der Waals surface area contributed by atoms with Gasteiger partial charge in [0, 0.05) is 30.7 Å². The molecule has 1 amide bonds. The largest absolute Gasteiger partial charge is 0.385 e. The van der Waals surface area contributed by atoms with Crippen molar-refractivity contribution in [2.24, 2.45) is 17.6 Å². The van der Waals surface area contributed by atoms with Crippen molar-refractivity contribution in [3.8, 4) is 0 Å². The average molecular weight is 394 g/mol. The number of ether oxygens (including phenoxy) is 1. The molecule has 2 unspecified atom stereocenters. The number of amides is 1. The molecule has 0 heterocycles. The van der Waals surface area contributed by atoms with Gasteiger partial charge in [-0.2, -0.15) is 0 Å². The number of nitrogens with one attached hydrogen (secondary N) is 1. The van der Waals surface area contributed by atoms with Crippen molar-refractivity contribution in [2.45, 2.75) is 19.8 Å². The third-order valence-corrected chi connectivity index (χ3v) is 3.93. The molecule has 2 atom stereocenters. The lowest BCUT2D eigenvalue weighted by molar-refractivity contribution is -0.125. The maximum absolute atomic E-state index is 12.3. The molecule has 0 spiro atoms. The molecular weight excluding hydrogens is 368 g/mol. The van der Waals surface area contributed by atoms with Crippen LogP contribution in [0.1, 0.15) is 18.9 Å². The molecule has 1 aromatic carbocycles. The van der Waals surface area contributed by atoms with Crippen LogP contribution in [-0.4, -0.2) is 32.7 Å². The Bertz CT molecular complexity index is 446. The van der Waals surface area contributed by atoms with E-state index in [0.717, 1.165) is 10.0 Å². The third kappa shape index (κ3) is 8.13. The summed E-state index contributed by atoms with van der Waals surface area (Å²) in [5.41, 5.74) is 6.72. The number of nitrogens with two attached hydrogens (primary N) is 1. The van der Waals surface area contributed by atoms with Crippen LogP contribution in [0.5, 0.6) is 0 Å². The van der Waals surface area contributed by atoms with E-state index in [2.05, 4.69) is 27.3 Å². The highest BCUT2D eigenvalue weighted by atomic mass is 79.9. The fraction of sp³-hybridized carbons (Fsp3) is 0.562. The minimum atomic E-state index is -0.0794. The van der Waals surface area contributed by atoms with Crippen LogP contribution >= 0.6 is 28.3 Å². The van der Waals surface area contributed by atoms with Crippen molar-refractivity contribution < 1.29 is 9.53 Å². The zero-order valence-electron chi connectivity index (χ0n) is 13.2. The predicted molar refractivity (Wildman–Crippen MR) is 96.3 cm³/mol. The van der Waals surface area contributed by atoms with Gasteiger partial charge >= 0.3 is 0 Å². The first kappa shape index (κ1) is 21.4. The molecule has 3 N–H and O–H groups in total. The van der Waals surface area contributed by atoms with Crippen molar-refractivity contribution >= 4 is 34.2 Å². The summed E-state index contributed by atoms with van der Waals surface area (Å²) in [5, 5.41) is 2.99. The Hall–Kier alpha value is -0.620. The second kappa shape index (κ2) is 11.9. The standard InChI is InChI=1S/C16H25BrN2O2.ClH/c1-12(10-18)11-19-16(20)14(6-7-21-2)8-13-4-3-5-15(17)9-13;/h3-5,9,12,14H,6-8,10-11,18H2,1-2H3,(H,19,20);1H. The monoisotopic (exact) mass is 392 g/mol. The molecule has 0 aliphatic rings. The van der Waals surface area contributed by atoms with Crippen LogP contribution in [-0.2, 0) is 16.0 Å². The van der Waals surface area contributed by atoms with E-state index >= 15 is 0 Å². The van der Waals surface area contributed by atoms with Crippen molar-refractivity contribution in [1.29, 1.82) is 0 Å². The van der Waals surface area contributed by atoms with E-state index in [4.69, 9.17) is 10.5 Å². The Balaban J connectivity index is 0.00000441. The van der Waals surface area contributed by atoms with Crippen LogP contribution in [0.25, 0.3) is 0 Å². The molecule has 0 aliphatic carbocycles. The number of hydrogen-bond acceptors (Lipinski definition) is 3. The topological polar surface area (TPSA) is 64.3 Å². The van der Waals surface area contributed by atoms with Crippen molar-refractivity contribution in [3.63, 3.8) is 0 Å². The number of halogens is 2. The third-order valence-electron chi connectivity index (χ3n) is 3.44. The van der Waals surface area contributed by atoms with Crippen molar-refractivity contribution in [1.82, 2.24) is 5.32 Å². The van der Waals surface area contributed by atoms with Gasteiger partial charge in [-0.05, 0) is 43.0 Å². The van der Waals surface area contributed by atoms with Crippen LogP contribution < -0.4 is 11.1 Å². The maximum atomic E-state index is 12.3. The van der Waals surface area contributed by atoms with E-state index in [1.807, 2.05) is 25.1 Å². The summed E-state index contributed by atoms with van der Waals surface area (Å²) in [6.07, 6.45) is 1.43. The lowest BCUT2D eigenvalue weighted by Crippen LogP contribution is -2.36. The molecular formula is C16H26BrClN2O2. The van der Waals surface area contributed by atoms with Gasteiger partial charge in [0.2, 0.25) is 5.91 Å². The normalized spacial score (nSPS) is 13.1. The summed E-state index contributed by atoms with van der Waals surface area (Å²) < 4.78 is 6.15. The molecule has 0 aliphatic heterocycles. The smallest absolute Gasteiger partial charge is 0.223 e. The highest BCUT2D eigenvalue weighted by molar-refractivity contribution is 9.10. The Kier molecular flexibility index (Phi) is 11.5. The first-order valence-corrected chi connectivity index (χ1v) is 8.07. The number of benzene rings is 1. The summed E-state index contributed by atoms with van der Waals surface area (Å²) >= 11 is 3.46. The van der Waals surface area contributed by atoms with Crippen LogP contribution in [0.3, 0.4) is 0 Å². The second-order valence-electron chi connectivity index (χ2n) is 5.40. The van der Waals surface area contributed by atoms with Crippen LogP contribution in [0, 0.1) is 11.8 Å². The summed E-state index contributed by atoms with van der Waals surface area (Å²) in [4.78, 5) is 12.3. The molecule has 0 fully saturated rings. The molecule has 126 valence electrons. The zero-order valence-corrected chi connectivity index (χ0v) is 15.6. The lowest BCUT2D eigenvalue weighted by Gasteiger charge is -2.18. The molecule has 0 aromatic heterocycles. The van der Waals surface area contributed by atoms with E-state index in [0.29, 0.717) is 38.5 Å². The van der Waals surface area contributed by atoms with Gasteiger partial charge in [-0.3, -0.25) is 4.79 Å². The second-order valence-corrected chi connectivity index (χ2v) is 6.31. The number of hydrogen-bond donors (Lipinski definition) is 2. The highest BCUT2D eigenvalue weighted by Gasteiger charge is 2.19. The SMILES string of the molecule is COCCC(Cc1cccc(Br)c1)C(=O)NCC(C)CN.Cl. The average Bonchev–Trinajstić information content (AvgIpc) is 2.48. The molecule has 1 rings (SSSR count). The van der Waals surface area contributed by atoms with Crippen LogP contribution in [0.2, 0.25) is 0 Å². The lowest BCUT2D eigenvalue weighted by atomic mass is 9.95. The Morgan fingerprint density at radius 1 is 1.45 bits per heavy atom. The molecule has 4 nitrogen and oxygen atoms in total. The first-order valence-electron chi connectivity index (χ1n) is 7.28. The Morgan fingerprint density at radius 2 is 2.18 bits per heavy atom. The quantitative estimate of drug-likeness (QED) is 0.678. The molecule has 22 heavy (non-hydrogen) atoms. The van der Waals surface area contributed by atoms with Gasteiger partial charge in [-0.25, -0.2) is 0 Å². The minimum absolute atomic E-state index is 0. The van der Waals surface area contributed by atoms with Gasteiger partial charge in [0.25, 0.3) is 0 Å². The molecule has 1 aromatic rings. The van der Waals surface area contributed by atoms with Gasteiger partial charge in [0.1, 0.15) is 0 Å². The van der Waals surface area contributed by atoms with Crippen LogP contribution in [0.15, 0.2) is 28.7 Å². The molecule has 0 bridgehead atoms. The Labute approximate surface area is 147 Å². The first-order chi connectivity index (χ1) is 10.1. The van der Waals surface area contributed by atoms with Crippen molar-refractivity contribution in [2.75, 3.05) is 26.8 Å². The van der Waals surface area contributed by atoms with Gasteiger partial charge in [0.05, 0.1) is 0 Å². The predicted octanol–water partition coefficient (Wildman–Crippen LogP) is 2.78. The minimum Gasteiger partial charge on any atom is -0.385 e. The summed E-state index contributed by atoms with van der Waals surface area (Å²) in [7, 11) is 1.66. The van der Waals surface area contributed by atoms with Gasteiger partial charge in [-0.15, -0.1) is 12.4 Å². The molecule has 0 saturated carbocycles. The summed E-state index contributed by atoms with van der Waals surface area (Å²) in [6.45, 7) is 3.81. The highest BCUT2D eigenvalue weighted by Crippen LogP contribution is 2.17. The van der Waals surface area contributed by atoms with E-state index < -0.39 is 0 Å². The number of carbonyl (C=O) groups is 1. The molecule has 0 saturated heterocycles. The van der Waals surface area contributed by atoms with Crippen molar-refractivity contribution in [3.05, 3.63) is 34.3 Å². The fourth-order valence-electron chi connectivity index (χ4n) is 2.04. The van der Waals surface area contributed by atoms with E-state index in [1.54, 1.807) is 7.11 Å². The summed E-state index contributed by atoms with van der Waals surface area (Å²) in [5.74, 6) is 0.291. The molecule has 0 radical (unpaired) electrons. The zero-order chi connectivity index (χ0) is 15.7. The Morgan fingerprint density at radius 3 is 2.77 bits per heavy atom. The molecule has 6 heteroatoms. The van der Waals surface area contributed by atoms with Crippen LogP contribution in [0.4, 0.5) is 0 Å². The van der Waals surface area contributed by atoms with Gasteiger partial charge < -0.3 is 15.8 Å². The number of rotatable bonds is 9. The van der Waals surface area contributed by atoms with E-state index in [-0.39, 0.29) is 24.2 Å². The van der Waals surface area contributed by atoms with Gasteiger partial charge in [-0.1, -0.05) is 35.0 Å².